The normalized spacial score (nSPS) is 10.5. The molecule has 0 bridgehead atoms. The predicted octanol–water partition coefficient (Wildman–Crippen LogP) is 3.97. The van der Waals surface area contributed by atoms with E-state index in [-0.39, 0.29) is 23.4 Å². The molecule has 0 unspecified atom stereocenters. The summed E-state index contributed by atoms with van der Waals surface area (Å²) in [4.78, 5) is 11.9. The maximum absolute atomic E-state index is 13.5. The molecule has 0 aliphatic heterocycles. The number of rotatable bonds is 3. The molecule has 2 aromatic rings. The van der Waals surface area contributed by atoms with Crippen molar-refractivity contribution in [3.05, 3.63) is 63.1 Å². The number of carbonyl (C=O) groups excluding carboxylic acids is 1. The highest BCUT2D eigenvalue weighted by atomic mass is 79.9. The fourth-order valence-corrected chi connectivity index (χ4v) is 2.15. The minimum atomic E-state index is -0.697. The van der Waals surface area contributed by atoms with Crippen LogP contribution in [0.4, 0.5) is 14.5 Å². The number of halogens is 3. The molecule has 0 aliphatic rings. The average molecular weight is 356 g/mol. The summed E-state index contributed by atoms with van der Waals surface area (Å²) in [5.41, 5.74) is 6.72. The summed E-state index contributed by atoms with van der Waals surface area (Å²) in [5.74, 6) is -1.66. The standard InChI is InChI=1S/C15H12BrF2NO2/c1-8-13(18)4-10(5-14(8)19)15(20)21-7-9-2-3-11(17)6-12(9)16/h2-6H,7,19H2,1H3. The van der Waals surface area contributed by atoms with Crippen LogP contribution in [-0.4, -0.2) is 5.97 Å². The number of anilines is 1. The van der Waals surface area contributed by atoms with Crippen molar-refractivity contribution in [1.82, 2.24) is 0 Å². The summed E-state index contributed by atoms with van der Waals surface area (Å²) in [6.45, 7) is 1.46. The van der Waals surface area contributed by atoms with E-state index < -0.39 is 17.6 Å². The van der Waals surface area contributed by atoms with Gasteiger partial charge in [-0.1, -0.05) is 22.0 Å². The molecular formula is C15H12BrF2NO2. The van der Waals surface area contributed by atoms with Gasteiger partial charge in [-0.15, -0.1) is 0 Å². The molecule has 3 nitrogen and oxygen atoms in total. The third-order valence-electron chi connectivity index (χ3n) is 2.99. The molecule has 2 aromatic carbocycles. The van der Waals surface area contributed by atoms with E-state index in [0.29, 0.717) is 10.0 Å². The highest BCUT2D eigenvalue weighted by molar-refractivity contribution is 9.10. The van der Waals surface area contributed by atoms with Gasteiger partial charge in [0, 0.05) is 21.3 Å². The van der Waals surface area contributed by atoms with Crippen molar-refractivity contribution >= 4 is 27.6 Å². The minimum Gasteiger partial charge on any atom is -0.457 e. The highest BCUT2D eigenvalue weighted by Gasteiger charge is 2.13. The number of carbonyl (C=O) groups is 1. The largest absolute Gasteiger partial charge is 0.457 e. The summed E-state index contributed by atoms with van der Waals surface area (Å²) in [6, 6.07) is 6.47. The molecule has 110 valence electrons. The zero-order valence-corrected chi connectivity index (χ0v) is 12.7. The van der Waals surface area contributed by atoms with Gasteiger partial charge < -0.3 is 10.5 Å². The zero-order chi connectivity index (χ0) is 15.6. The first-order valence-electron chi connectivity index (χ1n) is 6.05. The molecule has 0 radical (unpaired) electrons. The van der Waals surface area contributed by atoms with Crippen molar-refractivity contribution in [2.24, 2.45) is 0 Å². The number of ether oxygens (including phenoxy) is 1. The maximum atomic E-state index is 13.5. The number of nitrogens with two attached hydrogens (primary N) is 1. The molecule has 0 aliphatic carbocycles. The van der Waals surface area contributed by atoms with Gasteiger partial charge in [-0.05, 0) is 31.2 Å². The Hall–Kier alpha value is -1.95. The van der Waals surface area contributed by atoms with Crippen LogP contribution in [0, 0.1) is 18.6 Å². The number of nitrogen functional groups attached to an aromatic ring is 1. The lowest BCUT2D eigenvalue weighted by molar-refractivity contribution is 0.0471. The van der Waals surface area contributed by atoms with Crippen molar-refractivity contribution in [2.45, 2.75) is 13.5 Å². The second-order valence-corrected chi connectivity index (χ2v) is 5.34. The van der Waals surface area contributed by atoms with Crippen LogP contribution in [0.3, 0.4) is 0 Å². The average Bonchev–Trinajstić information content (AvgIpc) is 2.43. The molecule has 0 atom stereocenters. The van der Waals surface area contributed by atoms with E-state index in [9.17, 15) is 13.6 Å². The van der Waals surface area contributed by atoms with E-state index in [1.54, 1.807) is 0 Å². The molecule has 0 aromatic heterocycles. The number of hydrogen-bond donors (Lipinski definition) is 1. The first-order valence-corrected chi connectivity index (χ1v) is 6.84. The maximum Gasteiger partial charge on any atom is 0.338 e. The molecule has 0 saturated heterocycles. The van der Waals surface area contributed by atoms with Gasteiger partial charge in [0.25, 0.3) is 0 Å². The van der Waals surface area contributed by atoms with Crippen molar-refractivity contribution in [2.75, 3.05) is 5.73 Å². The zero-order valence-electron chi connectivity index (χ0n) is 11.1. The molecule has 0 heterocycles. The monoisotopic (exact) mass is 355 g/mol. The lowest BCUT2D eigenvalue weighted by Gasteiger charge is -2.09. The summed E-state index contributed by atoms with van der Waals surface area (Å²) < 4.78 is 32.0. The molecule has 2 rings (SSSR count). The van der Waals surface area contributed by atoms with E-state index >= 15 is 0 Å². The molecule has 6 heteroatoms. The highest BCUT2D eigenvalue weighted by Crippen LogP contribution is 2.21. The van der Waals surface area contributed by atoms with Gasteiger partial charge in [-0.25, -0.2) is 13.6 Å². The van der Waals surface area contributed by atoms with E-state index in [2.05, 4.69) is 15.9 Å². The molecule has 0 fully saturated rings. The lowest BCUT2D eigenvalue weighted by Crippen LogP contribution is -2.08. The molecule has 2 N–H and O–H groups in total. The Morgan fingerprint density at radius 3 is 2.62 bits per heavy atom. The summed E-state index contributed by atoms with van der Waals surface area (Å²) in [6.07, 6.45) is 0. The fourth-order valence-electron chi connectivity index (χ4n) is 1.68. The van der Waals surface area contributed by atoms with Gasteiger partial charge in [0.05, 0.1) is 5.56 Å². The molecule has 0 amide bonds. The summed E-state index contributed by atoms with van der Waals surface area (Å²) in [5, 5.41) is 0. The smallest absolute Gasteiger partial charge is 0.338 e. The van der Waals surface area contributed by atoms with Crippen LogP contribution in [0.5, 0.6) is 0 Å². The van der Waals surface area contributed by atoms with E-state index in [1.807, 2.05) is 0 Å². The quantitative estimate of drug-likeness (QED) is 0.669. The summed E-state index contributed by atoms with van der Waals surface area (Å²) in [7, 11) is 0. The first-order chi connectivity index (χ1) is 9.88. The number of benzene rings is 2. The third kappa shape index (κ3) is 3.58. The Morgan fingerprint density at radius 2 is 2.00 bits per heavy atom. The first kappa shape index (κ1) is 15.4. The molecule has 0 saturated carbocycles. The van der Waals surface area contributed by atoms with Gasteiger partial charge >= 0.3 is 5.97 Å². The molecule has 0 spiro atoms. The van der Waals surface area contributed by atoms with E-state index in [4.69, 9.17) is 10.5 Å². The van der Waals surface area contributed by atoms with Crippen LogP contribution in [-0.2, 0) is 11.3 Å². The SMILES string of the molecule is Cc1c(N)cc(C(=O)OCc2ccc(F)cc2Br)cc1F. The van der Waals surface area contributed by atoms with Crippen molar-refractivity contribution in [1.29, 1.82) is 0 Å². The van der Waals surface area contributed by atoms with E-state index in [1.165, 1.54) is 31.2 Å². The van der Waals surface area contributed by atoms with Gasteiger partial charge in [0.15, 0.2) is 0 Å². The molecular weight excluding hydrogens is 344 g/mol. The van der Waals surface area contributed by atoms with Crippen molar-refractivity contribution in [3.63, 3.8) is 0 Å². The minimum absolute atomic E-state index is 0.0360. The van der Waals surface area contributed by atoms with Gasteiger partial charge in [0.2, 0.25) is 0 Å². The Labute approximate surface area is 128 Å². The van der Waals surface area contributed by atoms with Crippen molar-refractivity contribution < 1.29 is 18.3 Å². The second kappa shape index (κ2) is 6.22. The van der Waals surface area contributed by atoms with Crippen LogP contribution in [0.15, 0.2) is 34.8 Å². The Balaban J connectivity index is 2.12. The summed E-state index contributed by atoms with van der Waals surface area (Å²) >= 11 is 3.17. The predicted molar refractivity (Wildman–Crippen MR) is 78.8 cm³/mol. The Bertz CT molecular complexity index is 681. The second-order valence-electron chi connectivity index (χ2n) is 4.48. The van der Waals surface area contributed by atoms with Crippen molar-refractivity contribution in [3.8, 4) is 0 Å². The number of esters is 1. The van der Waals surface area contributed by atoms with Gasteiger partial charge in [0.1, 0.15) is 18.2 Å². The van der Waals surface area contributed by atoms with Crippen LogP contribution in [0.1, 0.15) is 21.5 Å². The fraction of sp³-hybridized carbons (Fsp3) is 0.133. The van der Waals surface area contributed by atoms with Crippen LogP contribution >= 0.6 is 15.9 Å². The molecule has 21 heavy (non-hydrogen) atoms. The van der Waals surface area contributed by atoms with Crippen LogP contribution < -0.4 is 5.73 Å². The Morgan fingerprint density at radius 1 is 1.29 bits per heavy atom. The van der Waals surface area contributed by atoms with Crippen LogP contribution in [0.2, 0.25) is 0 Å². The van der Waals surface area contributed by atoms with E-state index in [0.717, 1.165) is 6.07 Å². The number of hydrogen-bond acceptors (Lipinski definition) is 3. The van der Waals surface area contributed by atoms with Crippen LogP contribution in [0.25, 0.3) is 0 Å². The third-order valence-corrected chi connectivity index (χ3v) is 3.73. The Kier molecular flexibility index (Phi) is 4.57. The topological polar surface area (TPSA) is 52.3 Å². The van der Waals surface area contributed by atoms with Gasteiger partial charge in [-0.3, -0.25) is 0 Å². The van der Waals surface area contributed by atoms with Gasteiger partial charge in [-0.2, -0.15) is 0 Å². The lowest BCUT2D eigenvalue weighted by atomic mass is 10.1.